The molecule has 1 amide bonds. The average Bonchev–Trinajstić information content (AvgIpc) is 3.24. The third-order valence-electron chi connectivity index (χ3n) is 5.45. The number of ether oxygens (including phenoxy) is 2. The number of amides is 1. The van der Waals surface area contributed by atoms with Gasteiger partial charge in [0.05, 0.1) is 5.56 Å². The van der Waals surface area contributed by atoms with Gasteiger partial charge in [-0.15, -0.1) is 11.3 Å². The Bertz CT molecular complexity index is 861. The number of thiophene rings is 1. The van der Waals surface area contributed by atoms with E-state index in [9.17, 15) is 4.79 Å². The van der Waals surface area contributed by atoms with Gasteiger partial charge in [-0.3, -0.25) is 4.79 Å². The zero-order valence-corrected chi connectivity index (χ0v) is 14.9. The molecule has 130 valence electrons. The Morgan fingerprint density at radius 3 is 3.00 bits per heavy atom. The van der Waals surface area contributed by atoms with Crippen molar-refractivity contribution in [1.29, 1.82) is 0 Å². The number of fused-ring (bicyclic) bond motifs is 4. The molecule has 2 aliphatic heterocycles. The predicted molar refractivity (Wildman–Crippen MR) is 96.5 cm³/mol. The first-order valence-electron chi connectivity index (χ1n) is 8.84. The molecule has 25 heavy (non-hydrogen) atoms. The standard InChI is InChI=1S/C19H20N2O3S/c1-2-10-3-5-12-15(7-10)25-19-16(12)18(22)20-17(21-19)11-4-6-13-14(8-11)24-9-23-13/h4,6,8,10,17,21H,2-3,5,7,9H2,1H3,(H,20,22)/t10-,17+/m1/s1. The van der Waals surface area contributed by atoms with Crippen LogP contribution in [0.5, 0.6) is 11.5 Å². The minimum Gasteiger partial charge on any atom is -0.454 e. The second-order valence-corrected chi connectivity index (χ2v) is 7.99. The van der Waals surface area contributed by atoms with Gasteiger partial charge in [0.1, 0.15) is 11.2 Å². The normalized spacial score (nSPS) is 23.5. The van der Waals surface area contributed by atoms with Crippen molar-refractivity contribution in [2.45, 2.75) is 38.8 Å². The lowest BCUT2D eigenvalue weighted by Crippen LogP contribution is -2.38. The van der Waals surface area contributed by atoms with Crippen LogP contribution in [0.3, 0.4) is 0 Å². The molecule has 1 aromatic carbocycles. The van der Waals surface area contributed by atoms with Crippen LogP contribution >= 0.6 is 11.3 Å². The SMILES string of the molecule is CC[C@@H]1CCc2c(sc3c2C(=O)N[C@H](c2ccc4c(c2)OCO4)N3)C1. The molecular formula is C19H20N2O3S. The second-order valence-electron chi connectivity index (χ2n) is 6.89. The third kappa shape index (κ3) is 2.39. The van der Waals surface area contributed by atoms with Crippen molar-refractivity contribution in [3.8, 4) is 11.5 Å². The quantitative estimate of drug-likeness (QED) is 0.858. The number of benzene rings is 1. The van der Waals surface area contributed by atoms with E-state index in [1.54, 1.807) is 11.3 Å². The number of rotatable bonds is 2. The number of hydrogen-bond acceptors (Lipinski definition) is 5. The first-order chi connectivity index (χ1) is 12.2. The van der Waals surface area contributed by atoms with Gasteiger partial charge in [0, 0.05) is 4.88 Å². The molecule has 5 rings (SSSR count). The zero-order chi connectivity index (χ0) is 17.0. The summed E-state index contributed by atoms with van der Waals surface area (Å²) in [5.74, 6) is 2.27. The Morgan fingerprint density at radius 1 is 1.24 bits per heavy atom. The van der Waals surface area contributed by atoms with Crippen LogP contribution in [0.4, 0.5) is 5.00 Å². The van der Waals surface area contributed by atoms with E-state index in [1.807, 2.05) is 18.2 Å². The topological polar surface area (TPSA) is 59.6 Å². The van der Waals surface area contributed by atoms with Crippen molar-refractivity contribution >= 4 is 22.2 Å². The summed E-state index contributed by atoms with van der Waals surface area (Å²) in [6.07, 6.45) is 4.28. The lowest BCUT2D eigenvalue weighted by molar-refractivity contribution is 0.0935. The third-order valence-corrected chi connectivity index (χ3v) is 6.64. The van der Waals surface area contributed by atoms with E-state index < -0.39 is 0 Å². The van der Waals surface area contributed by atoms with Gasteiger partial charge in [0.15, 0.2) is 11.5 Å². The number of carbonyl (C=O) groups is 1. The molecule has 2 N–H and O–H groups in total. The van der Waals surface area contributed by atoms with Gasteiger partial charge in [0.2, 0.25) is 6.79 Å². The molecule has 0 radical (unpaired) electrons. The van der Waals surface area contributed by atoms with E-state index in [4.69, 9.17) is 9.47 Å². The van der Waals surface area contributed by atoms with E-state index in [2.05, 4.69) is 17.6 Å². The highest BCUT2D eigenvalue weighted by Crippen LogP contribution is 2.43. The Morgan fingerprint density at radius 2 is 2.12 bits per heavy atom. The highest BCUT2D eigenvalue weighted by Gasteiger charge is 2.33. The van der Waals surface area contributed by atoms with Crippen molar-refractivity contribution in [3.05, 3.63) is 39.8 Å². The summed E-state index contributed by atoms with van der Waals surface area (Å²) in [4.78, 5) is 14.2. The van der Waals surface area contributed by atoms with Crippen LogP contribution in [0, 0.1) is 5.92 Å². The van der Waals surface area contributed by atoms with Crippen LogP contribution in [-0.4, -0.2) is 12.7 Å². The number of carbonyl (C=O) groups excluding carboxylic acids is 1. The fourth-order valence-corrected chi connectivity index (χ4v) is 5.36. The van der Waals surface area contributed by atoms with E-state index in [-0.39, 0.29) is 18.9 Å². The molecule has 2 aromatic rings. The van der Waals surface area contributed by atoms with Crippen molar-refractivity contribution in [1.82, 2.24) is 5.32 Å². The fourth-order valence-electron chi connectivity index (χ4n) is 3.97. The maximum Gasteiger partial charge on any atom is 0.256 e. The Kier molecular flexibility index (Phi) is 3.41. The van der Waals surface area contributed by atoms with Gasteiger partial charge >= 0.3 is 0 Å². The van der Waals surface area contributed by atoms with Crippen molar-refractivity contribution < 1.29 is 14.3 Å². The fraction of sp³-hybridized carbons (Fsp3) is 0.421. The summed E-state index contributed by atoms with van der Waals surface area (Å²) in [6, 6.07) is 5.80. The van der Waals surface area contributed by atoms with Gasteiger partial charge in [0.25, 0.3) is 5.91 Å². The molecular weight excluding hydrogens is 336 g/mol. The van der Waals surface area contributed by atoms with Gasteiger partial charge in [-0.05, 0) is 48.4 Å². The van der Waals surface area contributed by atoms with Crippen LogP contribution in [0.2, 0.25) is 0 Å². The summed E-state index contributed by atoms with van der Waals surface area (Å²) in [5, 5.41) is 7.62. The summed E-state index contributed by atoms with van der Waals surface area (Å²) in [5.41, 5.74) is 3.10. The molecule has 5 nitrogen and oxygen atoms in total. The van der Waals surface area contributed by atoms with E-state index in [1.165, 1.54) is 23.3 Å². The first kappa shape index (κ1) is 15.1. The van der Waals surface area contributed by atoms with Crippen LogP contribution in [0.15, 0.2) is 18.2 Å². The smallest absolute Gasteiger partial charge is 0.256 e. The highest BCUT2D eigenvalue weighted by molar-refractivity contribution is 7.16. The van der Waals surface area contributed by atoms with Gasteiger partial charge in [-0.1, -0.05) is 19.4 Å². The maximum atomic E-state index is 12.8. The van der Waals surface area contributed by atoms with Crippen molar-refractivity contribution in [3.63, 3.8) is 0 Å². The van der Waals surface area contributed by atoms with Gasteiger partial charge in [-0.2, -0.15) is 0 Å². The molecule has 2 atom stereocenters. The molecule has 1 aliphatic carbocycles. The first-order valence-corrected chi connectivity index (χ1v) is 9.66. The van der Waals surface area contributed by atoms with Crippen molar-refractivity contribution in [2.24, 2.45) is 5.92 Å². The average molecular weight is 356 g/mol. The van der Waals surface area contributed by atoms with Crippen LogP contribution < -0.4 is 20.1 Å². The van der Waals surface area contributed by atoms with Crippen molar-refractivity contribution in [2.75, 3.05) is 12.1 Å². The molecule has 0 bridgehead atoms. The minimum atomic E-state index is -0.239. The monoisotopic (exact) mass is 356 g/mol. The lowest BCUT2D eigenvalue weighted by Gasteiger charge is -2.27. The van der Waals surface area contributed by atoms with Crippen LogP contribution in [0.1, 0.15) is 52.3 Å². The minimum absolute atomic E-state index is 0.0314. The lowest BCUT2D eigenvalue weighted by atomic mass is 9.85. The predicted octanol–water partition coefficient (Wildman–Crippen LogP) is 3.85. The molecule has 1 aromatic heterocycles. The molecule has 0 unspecified atom stereocenters. The summed E-state index contributed by atoms with van der Waals surface area (Å²) >= 11 is 1.76. The second kappa shape index (κ2) is 5.66. The van der Waals surface area contributed by atoms with Crippen LogP contribution in [-0.2, 0) is 12.8 Å². The van der Waals surface area contributed by atoms with Crippen LogP contribution in [0.25, 0.3) is 0 Å². The molecule has 0 spiro atoms. The Balaban J connectivity index is 1.47. The highest BCUT2D eigenvalue weighted by atomic mass is 32.1. The molecule has 3 aliphatic rings. The Labute approximate surface area is 150 Å². The zero-order valence-electron chi connectivity index (χ0n) is 14.1. The van der Waals surface area contributed by atoms with E-state index in [0.29, 0.717) is 0 Å². The largest absolute Gasteiger partial charge is 0.454 e. The molecule has 0 fully saturated rings. The maximum absolute atomic E-state index is 12.8. The number of hydrogen-bond donors (Lipinski definition) is 2. The molecule has 0 saturated heterocycles. The molecule has 6 heteroatoms. The molecule has 0 saturated carbocycles. The summed E-state index contributed by atoms with van der Waals surface area (Å²) in [6.45, 7) is 2.51. The summed E-state index contributed by atoms with van der Waals surface area (Å²) in [7, 11) is 0. The van der Waals surface area contributed by atoms with Gasteiger partial charge < -0.3 is 20.1 Å². The Hall–Kier alpha value is -2.21. The number of nitrogens with one attached hydrogen (secondary N) is 2. The van der Waals surface area contributed by atoms with E-state index >= 15 is 0 Å². The summed E-state index contributed by atoms with van der Waals surface area (Å²) < 4.78 is 10.8. The molecule has 3 heterocycles. The van der Waals surface area contributed by atoms with E-state index in [0.717, 1.165) is 46.4 Å². The van der Waals surface area contributed by atoms with Gasteiger partial charge in [-0.25, -0.2) is 0 Å². The number of anilines is 1.